The van der Waals surface area contributed by atoms with E-state index in [-0.39, 0.29) is 0 Å². The molecule has 0 saturated carbocycles. The van der Waals surface area contributed by atoms with E-state index in [1.807, 2.05) is 6.20 Å². The van der Waals surface area contributed by atoms with Crippen LogP contribution in [0.5, 0.6) is 0 Å². The number of piperidine rings is 1. The molecule has 1 saturated heterocycles. The van der Waals surface area contributed by atoms with Crippen molar-refractivity contribution in [3.8, 4) is 0 Å². The Morgan fingerprint density at radius 1 is 1.25 bits per heavy atom. The number of anilines is 1. The first-order valence-electron chi connectivity index (χ1n) is 5.91. The highest BCUT2D eigenvalue weighted by atomic mass is 15.2. The summed E-state index contributed by atoms with van der Waals surface area (Å²) in [7, 11) is 4.35. The summed E-state index contributed by atoms with van der Waals surface area (Å²) in [6.45, 7) is 3.46. The molecule has 1 aromatic rings. The second kappa shape index (κ2) is 3.42. The average Bonchev–Trinajstić information content (AvgIpc) is 2.58. The Balaban J connectivity index is 1.99. The van der Waals surface area contributed by atoms with Gasteiger partial charge >= 0.3 is 0 Å². The summed E-state index contributed by atoms with van der Waals surface area (Å²) < 4.78 is 0. The molecule has 1 spiro atoms. The van der Waals surface area contributed by atoms with Crippen LogP contribution in [0.25, 0.3) is 0 Å². The molecule has 4 nitrogen and oxygen atoms in total. The minimum Gasteiger partial charge on any atom is -0.371 e. The minimum atomic E-state index is 0.291. The summed E-state index contributed by atoms with van der Waals surface area (Å²) >= 11 is 0. The van der Waals surface area contributed by atoms with Gasteiger partial charge in [0, 0.05) is 19.0 Å². The van der Waals surface area contributed by atoms with Crippen LogP contribution in [0.4, 0.5) is 5.69 Å². The molecule has 1 fully saturated rings. The quantitative estimate of drug-likeness (QED) is 0.647. The molecule has 0 aliphatic carbocycles. The van der Waals surface area contributed by atoms with Crippen molar-refractivity contribution in [3.05, 3.63) is 18.2 Å². The molecule has 0 bridgehead atoms. The standard InChI is InChI=1S/C12H18N4/c1-15-5-3-12(4-6-15)8-16(2)10-7-13-9-14-11(10)12/h7,9H,3-6,8H2,1-2H3. The van der Waals surface area contributed by atoms with Crippen molar-refractivity contribution in [1.82, 2.24) is 14.9 Å². The number of rotatable bonds is 0. The van der Waals surface area contributed by atoms with Gasteiger partial charge in [0.25, 0.3) is 0 Å². The fraction of sp³-hybridized carbons (Fsp3) is 0.667. The van der Waals surface area contributed by atoms with Crippen LogP contribution in [0, 0.1) is 0 Å². The van der Waals surface area contributed by atoms with Crippen LogP contribution in [0.1, 0.15) is 18.5 Å². The van der Waals surface area contributed by atoms with E-state index in [1.54, 1.807) is 6.33 Å². The lowest BCUT2D eigenvalue weighted by molar-refractivity contribution is 0.194. The molecule has 0 radical (unpaired) electrons. The van der Waals surface area contributed by atoms with Crippen LogP contribution in [0.3, 0.4) is 0 Å². The van der Waals surface area contributed by atoms with Gasteiger partial charge in [-0.3, -0.25) is 0 Å². The van der Waals surface area contributed by atoms with E-state index in [4.69, 9.17) is 0 Å². The number of likely N-dealkylation sites (N-methyl/N-ethyl adjacent to an activating group) is 1. The lowest BCUT2D eigenvalue weighted by Gasteiger charge is -2.37. The van der Waals surface area contributed by atoms with Crippen molar-refractivity contribution in [3.63, 3.8) is 0 Å². The number of nitrogens with zero attached hydrogens (tertiary/aromatic N) is 4. The lowest BCUT2D eigenvalue weighted by atomic mass is 9.77. The molecule has 1 aromatic heterocycles. The van der Waals surface area contributed by atoms with E-state index >= 15 is 0 Å². The van der Waals surface area contributed by atoms with Gasteiger partial charge in [0.1, 0.15) is 6.33 Å². The van der Waals surface area contributed by atoms with E-state index in [9.17, 15) is 0 Å². The molecule has 0 unspecified atom stereocenters. The number of aromatic nitrogens is 2. The van der Waals surface area contributed by atoms with E-state index in [0.717, 1.165) is 6.54 Å². The minimum absolute atomic E-state index is 0.291. The van der Waals surface area contributed by atoms with Gasteiger partial charge in [-0.15, -0.1) is 0 Å². The number of hydrogen-bond donors (Lipinski definition) is 0. The van der Waals surface area contributed by atoms with Crippen LogP contribution in [0.2, 0.25) is 0 Å². The Morgan fingerprint density at radius 2 is 2.00 bits per heavy atom. The third kappa shape index (κ3) is 1.33. The molecular weight excluding hydrogens is 200 g/mol. The Kier molecular flexibility index (Phi) is 2.14. The van der Waals surface area contributed by atoms with E-state index in [1.165, 1.54) is 37.3 Å². The molecule has 0 N–H and O–H groups in total. The number of hydrogen-bond acceptors (Lipinski definition) is 4. The number of fused-ring (bicyclic) bond motifs is 2. The van der Waals surface area contributed by atoms with Crippen LogP contribution in [0.15, 0.2) is 12.5 Å². The fourth-order valence-electron chi connectivity index (χ4n) is 3.07. The zero-order chi connectivity index (χ0) is 11.2. The molecular formula is C12H18N4. The highest BCUT2D eigenvalue weighted by Crippen LogP contribution is 2.44. The van der Waals surface area contributed by atoms with E-state index in [2.05, 4.69) is 33.9 Å². The topological polar surface area (TPSA) is 32.3 Å². The van der Waals surface area contributed by atoms with Gasteiger partial charge < -0.3 is 9.80 Å². The first kappa shape index (κ1) is 10.0. The summed E-state index contributed by atoms with van der Waals surface area (Å²) in [6, 6.07) is 0. The van der Waals surface area contributed by atoms with Crippen molar-refractivity contribution in [1.29, 1.82) is 0 Å². The molecule has 2 aliphatic heterocycles. The highest BCUT2D eigenvalue weighted by Gasteiger charge is 2.44. The second-order valence-electron chi connectivity index (χ2n) is 5.20. The first-order valence-corrected chi connectivity index (χ1v) is 5.91. The summed E-state index contributed by atoms with van der Waals surface area (Å²) in [6.07, 6.45) is 6.09. The summed E-state index contributed by atoms with van der Waals surface area (Å²) in [4.78, 5) is 13.4. The molecule has 0 amide bonds. The van der Waals surface area contributed by atoms with Crippen molar-refractivity contribution in [2.45, 2.75) is 18.3 Å². The Bertz CT molecular complexity index is 396. The van der Waals surface area contributed by atoms with Gasteiger partial charge in [0.2, 0.25) is 0 Å². The largest absolute Gasteiger partial charge is 0.371 e. The van der Waals surface area contributed by atoms with Crippen LogP contribution >= 0.6 is 0 Å². The average molecular weight is 218 g/mol. The Hall–Kier alpha value is -1.16. The van der Waals surface area contributed by atoms with Gasteiger partial charge in [0.05, 0.1) is 17.6 Å². The first-order chi connectivity index (χ1) is 7.71. The van der Waals surface area contributed by atoms with Crippen molar-refractivity contribution < 1.29 is 0 Å². The molecule has 86 valence electrons. The van der Waals surface area contributed by atoms with Gasteiger partial charge in [-0.25, -0.2) is 9.97 Å². The second-order valence-corrected chi connectivity index (χ2v) is 5.20. The van der Waals surface area contributed by atoms with Crippen LogP contribution in [-0.2, 0) is 5.41 Å². The molecule has 0 atom stereocenters. The van der Waals surface area contributed by atoms with Crippen LogP contribution < -0.4 is 4.90 Å². The third-order valence-electron chi connectivity index (χ3n) is 4.09. The molecule has 3 rings (SSSR count). The molecule has 16 heavy (non-hydrogen) atoms. The zero-order valence-corrected chi connectivity index (χ0v) is 9.98. The molecule has 3 heterocycles. The van der Waals surface area contributed by atoms with E-state index in [0.29, 0.717) is 5.41 Å². The Labute approximate surface area is 96.3 Å². The molecule has 0 aromatic carbocycles. The summed E-state index contributed by atoms with van der Waals surface area (Å²) in [5.41, 5.74) is 2.80. The van der Waals surface area contributed by atoms with Gasteiger partial charge in [-0.2, -0.15) is 0 Å². The lowest BCUT2D eigenvalue weighted by Crippen LogP contribution is -2.43. The third-order valence-corrected chi connectivity index (χ3v) is 4.09. The molecule has 4 heteroatoms. The van der Waals surface area contributed by atoms with E-state index < -0.39 is 0 Å². The molecule has 2 aliphatic rings. The smallest absolute Gasteiger partial charge is 0.115 e. The maximum atomic E-state index is 4.54. The normalized spacial score (nSPS) is 23.8. The van der Waals surface area contributed by atoms with Gasteiger partial charge in [0.15, 0.2) is 0 Å². The Morgan fingerprint density at radius 3 is 2.75 bits per heavy atom. The van der Waals surface area contributed by atoms with Crippen LogP contribution in [-0.4, -0.2) is 48.6 Å². The monoisotopic (exact) mass is 218 g/mol. The summed E-state index contributed by atoms with van der Waals surface area (Å²) in [5.74, 6) is 0. The SMILES string of the molecule is CN1CCC2(CC1)CN(C)c1cncnc12. The van der Waals surface area contributed by atoms with Gasteiger partial charge in [-0.05, 0) is 33.0 Å². The van der Waals surface area contributed by atoms with Gasteiger partial charge in [-0.1, -0.05) is 0 Å². The predicted octanol–water partition coefficient (Wildman–Crippen LogP) is 0.890. The zero-order valence-electron chi connectivity index (χ0n) is 9.98. The highest BCUT2D eigenvalue weighted by molar-refractivity contribution is 5.57. The van der Waals surface area contributed by atoms with Crippen molar-refractivity contribution >= 4 is 5.69 Å². The summed E-state index contributed by atoms with van der Waals surface area (Å²) in [5, 5.41) is 0. The fourth-order valence-corrected chi connectivity index (χ4v) is 3.07. The van der Waals surface area contributed by atoms with Crippen molar-refractivity contribution in [2.24, 2.45) is 0 Å². The van der Waals surface area contributed by atoms with Crippen molar-refractivity contribution in [2.75, 3.05) is 38.6 Å². The maximum Gasteiger partial charge on any atom is 0.115 e. The predicted molar refractivity (Wildman–Crippen MR) is 63.7 cm³/mol. The number of likely N-dealkylation sites (tertiary alicyclic amines) is 1. The maximum absolute atomic E-state index is 4.54.